The lowest BCUT2D eigenvalue weighted by molar-refractivity contribution is 0.0948. The van der Waals surface area contributed by atoms with Crippen LogP contribution in [0.15, 0.2) is 53.7 Å². The minimum Gasteiger partial charge on any atom is -0.495 e. The zero-order chi connectivity index (χ0) is 22.4. The third-order valence-corrected chi connectivity index (χ3v) is 5.77. The van der Waals surface area contributed by atoms with E-state index in [1.807, 2.05) is 48.5 Å². The predicted molar refractivity (Wildman–Crippen MR) is 125 cm³/mol. The summed E-state index contributed by atoms with van der Waals surface area (Å²) in [5, 5.41) is 12.7. The summed E-state index contributed by atoms with van der Waals surface area (Å²) in [5.74, 6) is 2.80. The second-order valence-electron chi connectivity index (χ2n) is 8.05. The number of aromatic nitrogens is 3. The molecular weight excluding hydrogens is 408 g/mol. The molecule has 0 radical (unpaired) electrons. The summed E-state index contributed by atoms with van der Waals surface area (Å²) in [6.07, 6.45) is 0. The molecule has 0 fully saturated rings. The van der Waals surface area contributed by atoms with E-state index in [2.05, 4.69) is 47.8 Å². The van der Waals surface area contributed by atoms with Gasteiger partial charge in [-0.15, -0.1) is 10.2 Å². The molecule has 0 bridgehead atoms. The van der Waals surface area contributed by atoms with Gasteiger partial charge < -0.3 is 10.1 Å². The standard InChI is InChI=1S/C24H30N4O2S/c1-16(2)14-25-23(29)19-11-7-6-10-18(19)15-31-24-27-26-22(17(3)4)28(24)20-12-8-9-13-21(20)30-5/h6-13,16-17H,14-15H2,1-5H3,(H,25,29). The molecule has 0 aliphatic carbocycles. The van der Waals surface area contributed by atoms with Gasteiger partial charge in [0.15, 0.2) is 5.16 Å². The van der Waals surface area contributed by atoms with Gasteiger partial charge in [0.05, 0.1) is 12.8 Å². The number of hydrogen-bond acceptors (Lipinski definition) is 5. The molecule has 0 atom stereocenters. The number of carbonyl (C=O) groups is 1. The molecule has 0 unspecified atom stereocenters. The van der Waals surface area contributed by atoms with E-state index in [9.17, 15) is 4.79 Å². The molecule has 1 heterocycles. The van der Waals surface area contributed by atoms with Crippen LogP contribution in [0.1, 0.15) is 55.4 Å². The Morgan fingerprint density at radius 1 is 1.06 bits per heavy atom. The molecule has 164 valence electrons. The van der Waals surface area contributed by atoms with Gasteiger partial charge in [0.25, 0.3) is 5.91 Å². The van der Waals surface area contributed by atoms with E-state index in [0.717, 1.165) is 28.0 Å². The van der Waals surface area contributed by atoms with Crippen LogP contribution in [0.3, 0.4) is 0 Å². The highest BCUT2D eigenvalue weighted by atomic mass is 32.2. The predicted octanol–water partition coefficient (Wildman–Crippen LogP) is 5.08. The lowest BCUT2D eigenvalue weighted by atomic mass is 10.1. The molecule has 1 amide bonds. The molecule has 1 N–H and O–H groups in total. The van der Waals surface area contributed by atoms with Crippen molar-refractivity contribution in [3.63, 3.8) is 0 Å². The average Bonchev–Trinajstić information content (AvgIpc) is 3.20. The second-order valence-corrected chi connectivity index (χ2v) is 8.99. The van der Waals surface area contributed by atoms with Gasteiger partial charge in [0.2, 0.25) is 0 Å². The Morgan fingerprint density at radius 3 is 2.48 bits per heavy atom. The topological polar surface area (TPSA) is 69.0 Å². The summed E-state index contributed by atoms with van der Waals surface area (Å²) in [6, 6.07) is 15.6. The minimum absolute atomic E-state index is 0.0426. The van der Waals surface area contributed by atoms with Gasteiger partial charge >= 0.3 is 0 Å². The number of ether oxygens (including phenoxy) is 1. The van der Waals surface area contributed by atoms with Gasteiger partial charge in [-0.2, -0.15) is 0 Å². The Hall–Kier alpha value is -2.80. The van der Waals surface area contributed by atoms with Crippen LogP contribution < -0.4 is 10.1 Å². The van der Waals surface area contributed by atoms with E-state index in [1.54, 1.807) is 18.9 Å². The van der Waals surface area contributed by atoms with Crippen molar-refractivity contribution in [1.82, 2.24) is 20.1 Å². The summed E-state index contributed by atoms with van der Waals surface area (Å²) in [6.45, 7) is 9.01. The number of thioether (sulfide) groups is 1. The van der Waals surface area contributed by atoms with Crippen molar-refractivity contribution in [2.24, 2.45) is 5.92 Å². The van der Waals surface area contributed by atoms with Gasteiger partial charge in [0.1, 0.15) is 11.6 Å². The summed E-state index contributed by atoms with van der Waals surface area (Å²) >= 11 is 1.56. The zero-order valence-corrected chi connectivity index (χ0v) is 19.6. The third kappa shape index (κ3) is 5.47. The van der Waals surface area contributed by atoms with Crippen molar-refractivity contribution in [2.75, 3.05) is 13.7 Å². The SMILES string of the molecule is COc1ccccc1-n1c(SCc2ccccc2C(=O)NCC(C)C)nnc1C(C)C. The van der Waals surface area contributed by atoms with E-state index < -0.39 is 0 Å². The van der Waals surface area contributed by atoms with Crippen LogP contribution in [0.4, 0.5) is 0 Å². The Labute approximate surface area is 188 Å². The van der Waals surface area contributed by atoms with Crippen molar-refractivity contribution in [2.45, 2.75) is 44.5 Å². The lowest BCUT2D eigenvalue weighted by Crippen LogP contribution is -2.28. The maximum atomic E-state index is 12.7. The molecule has 3 rings (SSSR count). The van der Waals surface area contributed by atoms with Gasteiger partial charge in [-0.1, -0.05) is 69.8 Å². The fourth-order valence-corrected chi connectivity index (χ4v) is 4.15. The van der Waals surface area contributed by atoms with Gasteiger partial charge in [-0.05, 0) is 29.7 Å². The van der Waals surface area contributed by atoms with Crippen molar-refractivity contribution in [3.8, 4) is 11.4 Å². The lowest BCUT2D eigenvalue weighted by Gasteiger charge is -2.15. The van der Waals surface area contributed by atoms with Gasteiger partial charge in [-0.3, -0.25) is 9.36 Å². The van der Waals surface area contributed by atoms with Gasteiger partial charge in [-0.25, -0.2) is 0 Å². The highest BCUT2D eigenvalue weighted by Gasteiger charge is 2.20. The molecule has 6 nitrogen and oxygen atoms in total. The average molecular weight is 439 g/mol. The molecular formula is C24H30N4O2S. The summed E-state index contributed by atoms with van der Waals surface area (Å²) in [7, 11) is 1.66. The van der Waals surface area contributed by atoms with Crippen LogP contribution in [0.2, 0.25) is 0 Å². The first kappa shape index (κ1) is 22.9. The first-order valence-electron chi connectivity index (χ1n) is 10.5. The normalized spacial score (nSPS) is 11.2. The Kier molecular flexibility index (Phi) is 7.74. The number of amides is 1. The molecule has 0 aliphatic rings. The van der Waals surface area contributed by atoms with E-state index in [1.165, 1.54) is 0 Å². The number of nitrogens with one attached hydrogen (secondary N) is 1. The van der Waals surface area contributed by atoms with Crippen molar-refractivity contribution >= 4 is 17.7 Å². The van der Waals surface area contributed by atoms with Crippen LogP contribution >= 0.6 is 11.8 Å². The number of nitrogens with zero attached hydrogens (tertiary/aromatic N) is 3. The Morgan fingerprint density at radius 2 is 1.77 bits per heavy atom. The third-order valence-electron chi connectivity index (χ3n) is 4.79. The van der Waals surface area contributed by atoms with Crippen LogP contribution in [0.5, 0.6) is 5.75 Å². The monoisotopic (exact) mass is 438 g/mol. The smallest absolute Gasteiger partial charge is 0.251 e. The van der Waals surface area contributed by atoms with Crippen LogP contribution in [0, 0.1) is 5.92 Å². The minimum atomic E-state index is -0.0426. The number of benzene rings is 2. The molecule has 0 saturated heterocycles. The summed E-state index contributed by atoms with van der Waals surface area (Å²) < 4.78 is 7.63. The van der Waals surface area contributed by atoms with Crippen molar-refractivity contribution < 1.29 is 9.53 Å². The summed E-state index contributed by atoms with van der Waals surface area (Å²) in [4.78, 5) is 12.7. The number of para-hydroxylation sites is 2. The highest BCUT2D eigenvalue weighted by molar-refractivity contribution is 7.98. The first-order valence-corrected chi connectivity index (χ1v) is 11.5. The molecule has 1 aromatic heterocycles. The van der Waals surface area contributed by atoms with Crippen molar-refractivity contribution in [1.29, 1.82) is 0 Å². The molecule has 0 saturated carbocycles. The maximum absolute atomic E-state index is 12.7. The van der Waals surface area contributed by atoms with Gasteiger partial charge in [0, 0.05) is 23.8 Å². The van der Waals surface area contributed by atoms with Crippen LogP contribution in [-0.2, 0) is 5.75 Å². The molecule has 2 aromatic carbocycles. The first-order chi connectivity index (χ1) is 14.9. The van der Waals surface area contributed by atoms with Crippen LogP contribution in [0.25, 0.3) is 5.69 Å². The largest absolute Gasteiger partial charge is 0.495 e. The Balaban J connectivity index is 1.90. The Bertz CT molecular complexity index is 1030. The molecule has 0 aliphatic heterocycles. The zero-order valence-electron chi connectivity index (χ0n) is 18.8. The van der Waals surface area contributed by atoms with E-state index in [0.29, 0.717) is 23.8 Å². The van der Waals surface area contributed by atoms with Crippen molar-refractivity contribution in [3.05, 3.63) is 65.5 Å². The fraction of sp³-hybridized carbons (Fsp3) is 0.375. The molecule has 31 heavy (non-hydrogen) atoms. The van der Waals surface area contributed by atoms with Crippen LogP contribution in [-0.4, -0.2) is 34.3 Å². The quantitative estimate of drug-likeness (QED) is 0.472. The van der Waals surface area contributed by atoms with E-state index >= 15 is 0 Å². The molecule has 3 aromatic rings. The van der Waals surface area contributed by atoms with E-state index in [-0.39, 0.29) is 11.8 Å². The number of carbonyl (C=O) groups excluding carboxylic acids is 1. The molecule has 0 spiro atoms. The second kappa shape index (κ2) is 10.5. The summed E-state index contributed by atoms with van der Waals surface area (Å²) in [5.41, 5.74) is 2.57. The fourth-order valence-electron chi connectivity index (χ4n) is 3.19. The number of methoxy groups -OCH3 is 1. The number of rotatable bonds is 9. The molecule has 7 heteroatoms. The maximum Gasteiger partial charge on any atom is 0.251 e. The van der Waals surface area contributed by atoms with E-state index in [4.69, 9.17) is 4.74 Å². The number of hydrogen-bond donors (Lipinski definition) is 1. The highest BCUT2D eigenvalue weighted by Crippen LogP contribution is 2.32.